The minimum absolute atomic E-state index is 0.0413. The van der Waals surface area contributed by atoms with Crippen molar-refractivity contribution in [3.8, 4) is 11.1 Å². The Labute approximate surface area is 203 Å². The molecule has 2 aliphatic rings. The molecule has 1 saturated heterocycles. The number of aromatic amines is 1. The van der Waals surface area contributed by atoms with Crippen LogP contribution in [0.3, 0.4) is 0 Å². The maximum Gasteiger partial charge on any atom is 0.253 e. The Balaban J connectivity index is 1.43. The van der Waals surface area contributed by atoms with E-state index in [0.717, 1.165) is 46.9 Å². The third-order valence-corrected chi connectivity index (χ3v) is 6.73. The van der Waals surface area contributed by atoms with E-state index >= 15 is 0 Å². The van der Waals surface area contributed by atoms with Crippen LogP contribution < -0.4 is 15.8 Å². The van der Waals surface area contributed by atoms with Gasteiger partial charge in [-0.15, -0.1) is 0 Å². The highest BCUT2D eigenvalue weighted by molar-refractivity contribution is 6.07. The predicted molar refractivity (Wildman–Crippen MR) is 133 cm³/mol. The molecule has 0 radical (unpaired) electrons. The standard InChI is InChI=1S/C27H28N4O4/c1-16-11-17(2)30-27(34)23(16)15-29-26(33)22-13-19(12-21-20(22)4-5-24(21)32)18-3-6-25(28-14-18)31-7-9-35-10-8-31/h3,6,11-14H,4-5,7-10,15H2,1-2H3,(H,29,33)(H,30,34). The van der Waals surface area contributed by atoms with E-state index in [4.69, 9.17) is 4.74 Å². The van der Waals surface area contributed by atoms with E-state index in [0.29, 0.717) is 42.7 Å². The number of benzene rings is 1. The molecule has 180 valence electrons. The number of amides is 1. The highest BCUT2D eigenvalue weighted by Gasteiger charge is 2.26. The summed E-state index contributed by atoms with van der Waals surface area (Å²) in [5, 5.41) is 2.89. The zero-order valence-corrected chi connectivity index (χ0v) is 19.9. The number of Topliss-reactive ketones (excluding diaryl/α,β-unsaturated/α-hetero) is 1. The van der Waals surface area contributed by atoms with Gasteiger partial charge in [-0.25, -0.2) is 4.98 Å². The van der Waals surface area contributed by atoms with Crippen LogP contribution in [0, 0.1) is 13.8 Å². The lowest BCUT2D eigenvalue weighted by atomic mass is 9.95. The van der Waals surface area contributed by atoms with Crippen molar-refractivity contribution < 1.29 is 14.3 Å². The summed E-state index contributed by atoms with van der Waals surface area (Å²) in [6.45, 7) is 6.76. The molecule has 0 spiro atoms. The van der Waals surface area contributed by atoms with Crippen LogP contribution in [-0.4, -0.2) is 48.0 Å². The Morgan fingerprint density at radius 2 is 1.89 bits per heavy atom. The van der Waals surface area contributed by atoms with E-state index in [-0.39, 0.29) is 23.8 Å². The SMILES string of the molecule is Cc1cc(C)c(CNC(=O)c2cc(-c3ccc(N4CCOCC4)nc3)cc3c2CCC3=O)c(=O)[nH]1. The average Bonchev–Trinajstić information content (AvgIpc) is 3.24. The van der Waals surface area contributed by atoms with Gasteiger partial charge in [0, 0.05) is 60.2 Å². The van der Waals surface area contributed by atoms with Crippen LogP contribution in [0.15, 0.2) is 41.3 Å². The molecule has 35 heavy (non-hydrogen) atoms. The Bertz CT molecular complexity index is 1350. The number of ether oxygens (including phenoxy) is 1. The topological polar surface area (TPSA) is 104 Å². The van der Waals surface area contributed by atoms with Crippen molar-refractivity contribution >= 4 is 17.5 Å². The van der Waals surface area contributed by atoms with Crippen LogP contribution in [0.4, 0.5) is 5.82 Å². The molecule has 1 aliphatic heterocycles. The summed E-state index contributed by atoms with van der Waals surface area (Å²) in [4.78, 5) is 47.7. The van der Waals surface area contributed by atoms with Crippen LogP contribution in [0.25, 0.3) is 11.1 Å². The van der Waals surface area contributed by atoms with Crippen LogP contribution in [0.1, 0.15) is 49.5 Å². The molecule has 5 rings (SSSR count). The Morgan fingerprint density at radius 3 is 2.60 bits per heavy atom. The number of aromatic nitrogens is 2. The first-order valence-corrected chi connectivity index (χ1v) is 11.9. The Kier molecular flexibility index (Phi) is 6.21. The van der Waals surface area contributed by atoms with E-state index < -0.39 is 0 Å². The molecule has 8 heteroatoms. The summed E-state index contributed by atoms with van der Waals surface area (Å²) in [7, 11) is 0. The molecule has 1 amide bonds. The van der Waals surface area contributed by atoms with Crippen molar-refractivity contribution in [1.82, 2.24) is 15.3 Å². The lowest BCUT2D eigenvalue weighted by Crippen LogP contribution is -2.36. The molecule has 0 saturated carbocycles. The molecular weight excluding hydrogens is 444 g/mol. The number of hydrogen-bond donors (Lipinski definition) is 2. The van der Waals surface area contributed by atoms with Crippen LogP contribution in [-0.2, 0) is 17.7 Å². The summed E-state index contributed by atoms with van der Waals surface area (Å²) >= 11 is 0. The number of fused-ring (bicyclic) bond motifs is 1. The van der Waals surface area contributed by atoms with Crippen molar-refractivity contribution in [2.45, 2.75) is 33.2 Å². The summed E-state index contributed by atoms with van der Waals surface area (Å²) in [6.07, 6.45) is 2.71. The summed E-state index contributed by atoms with van der Waals surface area (Å²) in [5.74, 6) is 0.626. The number of ketones is 1. The number of hydrogen-bond acceptors (Lipinski definition) is 6. The van der Waals surface area contributed by atoms with Crippen LogP contribution in [0.5, 0.6) is 0 Å². The van der Waals surface area contributed by atoms with Gasteiger partial charge in [0.2, 0.25) is 0 Å². The number of nitrogens with one attached hydrogen (secondary N) is 2. The van der Waals surface area contributed by atoms with Gasteiger partial charge in [0.15, 0.2) is 5.78 Å². The van der Waals surface area contributed by atoms with E-state index in [2.05, 4.69) is 20.2 Å². The lowest BCUT2D eigenvalue weighted by Gasteiger charge is -2.27. The molecule has 0 atom stereocenters. The number of rotatable bonds is 5. The maximum atomic E-state index is 13.2. The maximum absolute atomic E-state index is 13.2. The largest absolute Gasteiger partial charge is 0.378 e. The normalized spacial score (nSPS) is 15.3. The van der Waals surface area contributed by atoms with Gasteiger partial charge >= 0.3 is 0 Å². The van der Waals surface area contributed by atoms with Crippen LogP contribution in [0.2, 0.25) is 0 Å². The summed E-state index contributed by atoms with van der Waals surface area (Å²) in [6, 6.07) is 9.50. The second-order valence-corrected chi connectivity index (χ2v) is 9.10. The molecule has 8 nitrogen and oxygen atoms in total. The van der Waals surface area contributed by atoms with Gasteiger partial charge in [-0.1, -0.05) is 0 Å². The van der Waals surface area contributed by atoms with Crippen molar-refractivity contribution in [2.75, 3.05) is 31.2 Å². The van der Waals surface area contributed by atoms with Gasteiger partial charge in [-0.05, 0) is 67.3 Å². The third-order valence-electron chi connectivity index (χ3n) is 6.73. The number of nitrogens with zero attached hydrogens (tertiary/aromatic N) is 2. The molecule has 0 bridgehead atoms. The minimum atomic E-state index is -0.296. The van der Waals surface area contributed by atoms with Gasteiger partial charge in [0.1, 0.15) is 5.82 Å². The van der Waals surface area contributed by atoms with Crippen molar-refractivity contribution in [3.63, 3.8) is 0 Å². The van der Waals surface area contributed by atoms with Crippen molar-refractivity contribution in [1.29, 1.82) is 0 Å². The van der Waals surface area contributed by atoms with E-state index in [9.17, 15) is 14.4 Å². The number of carbonyl (C=O) groups excluding carboxylic acids is 2. The highest BCUT2D eigenvalue weighted by Crippen LogP contribution is 2.32. The highest BCUT2D eigenvalue weighted by atomic mass is 16.5. The van der Waals surface area contributed by atoms with Crippen molar-refractivity contribution in [3.05, 3.63) is 80.4 Å². The second-order valence-electron chi connectivity index (χ2n) is 9.10. The fourth-order valence-electron chi connectivity index (χ4n) is 4.83. The molecule has 1 aromatic carbocycles. The molecule has 0 unspecified atom stereocenters. The van der Waals surface area contributed by atoms with E-state index in [1.165, 1.54) is 0 Å². The molecule has 1 fully saturated rings. The zero-order valence-electron chi connectivity index (χ0n) is 19.9. The lowest BCUT2D eigenvalue weighted by molar-refractivity contribution is 0.0949. The summed E-state index contributed by atoms with van der Waals surface area (Å²) < 4.78 is 5.41. The first-order chi connectivity index (χ1) is 16.9. The fourth-order valence-corrected chi connectivity index (χ4v) is 4.83. The molecule has 2 N–H and O–H groups in total. The van der Waals surface area contributed by atoms with Gasteiger partial charge in [0.25, 0.3) is 11.5 Å². The molecule has 3 heterocycles. The smallest absolute Gasteiger partial charge is 0.253 e. The summed E-state index contributed by atoms with van der Waals surface area (Å²) in [5.41, 5.74) is 5.37. The van der Waals surface area contributed by atoms with Crippen LogP contribution >= 0.6 is 0 Å². The quantitative estimate of drug-likeness (QED) is 0.592. The molecule has 1 aliphatic carbocycles. The number of pyridine rings is 2. The van der Waals surface area contributed by atoms with Gasteiger partial charge in [0.05, 0.1) is 13.2 Å². The number of H-pyrrole nitrogens is 1. The number of carbonyl (C=O) groups is 2. The predicted octanol–water partition coefficient (Wildman–Crippen LogP) is 2.95. The minimum Gasteiger partial charge on any atom is -0.378 e. The van der Waals surface area contributed by atoms with Crippen molar-refractivity contribution in [2.24, 2.45) is 0 Å². The van der Waals surface area contributed by atoms with E-state index in [1.807, 2.05) is 44.2 Å². The monoisotopic (exact) mass is 472 g/mol. The number of morpholine rings is 1. The van der Waals surface area contributed by atoms with E-state index in [1.54, 1.807) is 6.20 Å². The zero-order chi connectivity index (χ0) is 24.5. The Hall–Kier alpha value is -3.78. The van der Waals surface area contributed by atoms with Gasteiger partial charge < -0.3 is 19.9 Å². The fraction of sp³-hybridized carbons (Fsp3) is 0.333. The Morgan fingerprint density at radius 1 is 1.09 bits per heavy atom. The molecular formula is C27H28N4O4. The first-order valence-electron chi connectivity index (χ1n) is 11.9. The average molecular weight is 473 g/mol. The molecule has 2 aromatic heterocycles. The van der Waals surface area contributed by atoms with Gasteiger partial charge in [-0.2, -0.15) is 0 Å². The number of anilines is 1. The van der Waals surface area contributed by atoms with Gasteiger partial charge in [-0.3, -0.25) is 14.4 Å². The third kappa shape index (κ3) is 4.61. The molecule has 3 aromatic rings. The first kappa shape index (κ1) is 23.0. The second kappa shape index (κ2) is 9.46. The number of aryl methyl sites for hydroxylation is 2.